The highest BCUT2D eigenvalue weighted by Crippen LogP contribution is 2.26. The Labute approximate surface area is 83.6 Å². The molecule has 1 aromatic carbocycles. The molecule has 2 nitrogen and oxygen atoms in total. The van der Waals surface area contributed by atoms with Crippen molar-refractivity contribution in [2.75, 3.05) is 6.54 Å². The van der Waals surface area contributed by atoms with Gasteiger partial charge in [-0.25, -0.2) is 0 Å². The van der Waals surface area contributed by atoms with Gasteiger partial charge in [0.1, 0.15) is 11.4 Å². The normalized spacial score (nSPS) is 11.4. The van der Waals surface area contributed by atoms with E-state index in [9.17, 15) is 0 Å². The lowest BCUT2D eigenvalue weighted by atomic mass is 10.1. The molecule has 0 fully saturated rings. The summed E-state index contributed by atoms with van der Waals surface area (Å²) in [6.45, 7) is 4.31. The van der Waals surface area contributed by atoms with Gasteiger partial charge < -0.3 is 10.5 Å². The summed E-state index contributed by atoms with van der Waals surface area (Å²) in [6, 6.07) is 7.38. The molecule has 0 atom stereocenters. The molecule has 0 saturated carbocycles. The summed E-state index contributed by atoms with van der Waals surface area (Å²) in [7, 11) is 0. The molecule has 0 heterocycles. The predicted octanol–water partition coefficient (Wildman–Crippen LogP) is 2.46. The minimum absolute atomic E-state index is 0.370. The summed E-state index contributed by atoms with van der Waals surface area (Å²) in [5, 5.41) is 0.615. The lowest BCUT2D eigenvalue weighted by Gasteiger charge is -2.25. The van der Waals surface area contributed by atoms with E-state index in [1.807, 2.05) is 32.0 Å². The van der Waals surface area contributed by atoms with Gasteiger partial charge in [0, 0.05) is 6.54 Å². The molecule has 0 aliphatic heterocycles. The van der Waals surface area contributed by atoms with Crippen LogP contribution in [-0.2, 0) is 0 Å². The monoisotopic (exact) mass is 199 g/mol. The molecule has 0 spiro atoms. The molecular formula is C10H14ClNO. The summed E-state index contributed by atoms with van der Waals surface area (Å²) in [4.78, 5) is 0. The Morgan fingerprint density at radius 2 is 2.00 bits per heavy atom. The van der Waals surface area contributed by atoms with E-state index in [4.69, 9.17) is 22.1 Å². The van der Waals surface area contributed by atoms with Crippen molar-refractivity contribution in [2.24, 2.45) is 5.73 Å². The second-order valence-electron chi connectivity index (χ2n) is 3.50. The molecule has 3 heteroatoms. The van der Waals surface area contributed by atoms with Crippen molar-refractivity contribution in [2.45, 2.75) is 19.4 Å². The molecule has 0 unspecified atom stereocenters. The first-order chi connectivity index (χ1) is 6.05. The van der Waals surface area contributed by atoms with Crippen LogP contribution in [0.1, 0.15) is 13.8 Å². The predicted molar refractivity (Wildman–Crippen MR) is 55.2 cm³/mol. The minimum atomic E-state index is -0.370. The third-order valence-electron chi connectivity index (χ3n) is 1.71. The van der Waals surface area contributed by atoms with Gasteiger partial charge >= 0.3 is 0 Å². The molecule has 0 bridgehead atoms. The van der Waals surface area contributed by atoms with E-state index in [0.717, 1.165) is 0 Å². The van der Waals surface area contributed by atoms with E-state index in [1.165, 1.54) is 0 Å². The second-order valence-corrected chi connectivity index (χ2v) is 3.90. The molecule has 0 radical (unpaired) electrons. The average molecular weight is 200 g/mol. The van der Waals surface area contributed by atoms with Crippen molar-refractivity contribution in [1.29, 1.82) is 0 Å². The lowest BCUT2D eigenvalue weighted by Crippen LogP contribution is -2.37. The molecule has 13 heavy (non-hydrogen) atoms. The Morgan fingerprint density at radius 3 is 2.54 bits per heavy atom. The fourth-order valence-corrected chi connectivity index (χ4v) is 1.04. The van der Waals surface area contributed by atoms with Crippen LogP contribution in [0.5, 0.6) is 5.75 Å². The van der Waals surface area contributed by atoms with Gasteiger partial charge in [0.2, 0.25) is 0 Å². The van der Waals surface area contributed by atoms with E-state index in [2.05, 4.69) is 0 Å². The van der Waals surface area contributed by atoms with Gasteiger partial charge in [-0.05, 0) is 26.0 Å². The quantitative estimate of drug-likeness (QED) is 0.812. The summed E-state index contributed by atoms with van der Waals surface area (Å²) in [5.74, 6) is 0.680. The number of ether oxygens (including phenoxy) is 1. The average Bonchev–Trinajstić information content (AvgIpc) is 2.09. The molecule has 0 aromatic heterocycles. The number of nitrogens with two attached hydrogens (primary N) is 1. The molecule has 0 amide bonds. The Hall–Kier alpha value is -0.730. The molecule has 72 valence electrons. The van der Waals surface area contributed by atoms with Crippen LogP contribution in [-0.4, -0.2) is 12.1 Å². The Bertz CT molecular complexity index is 286. The van der Waals surface area contributed by atoms with Crippen LogP contribution in [0, 0.1) is 0 Å². The van der Waals surface area contributed by atoms with E-state index in [0.29, 0.717) is 17.3 Å². The van der Waals surface area contributed by atoms with Gasteiger partial charge in [0.25, 0.3) is 0 Å². The number of hydrogen-bond acceptors (Lipinski definition) is 2. The van der Waals surface area contributed by atoms with Crippen LogP contribution in [0.15, 0.2) is 24.3 Å². The summed E-state index contributed by atoms with van der Waals surface area (Å²) in [5.41, 5.74) is 5.17. The highest BCUT2D eigenvalue weighted by atomic mass is 35.5. The number of halogens is 1. The third-order valence-corrected chi connectivity index (χ3v) is 2.03. The molecular weight excluding hydrogens is 186 g/mol. The van der Waals surface area contributed by atoms with Crippen LogP contribution in [0.25, 0.3) is 0 Å². The van der Waals surface area contributed by atoms with Crippen molar-refractivity contribution in [3.05, 3.63) is 29.3 Å². The Balaban J connectivity index is 2.80. The van der Waals surface area contributed by atoms with Gasteiger partial charge in [0.05, 0.1) is 5.02 Å². The Morgan fingerprint density at radius 1 is 1.38 bits per heavy atom. The maximum absolute atomic E-state index is 5.92. The smallest absolute Gasteiger partial charge is 0.138 e. The van der Waals surface area contributed by atoms with Crippen molar-refractivity contribution in [3.63, 3.8) is 0 Å². The van der Waals surface area contributed by atoms with Gasteiger partial charge in [-0.15, -0.1) is 0 Å². The van der Waals surface area contributed by atoms with E-state index in [-0.39, 0.29) is 5.60 Å². The first kappa shape index (κ1) is 10.4. The minimum Gasteiger partial charge on any atom is -0.485 e. The zero-order valence-corrected chi connectivity index (χ0v) is 8.64. The molecule has 1 rings (SSSR count). The van der Waals surface area contributed by atoms with Gasteiger partial charge in [-0.2, -0.15) is 0 Å². The van der Waals surface area contributed by atoms with E-state index >= 15 is 0 Å². The van der Waals surface area contributed by atoms with Crippen LogP contribution in [0.2, 0.25) is 5.02 Å². The SMILES string of the molecule is CC(C)(CN)Oc1ccccc1Cl. The van der Waals surface area contributed by atoms with Crippen LogP contribution in [0.4, 0.5) is 0 Å². The topological polar surface area (TPSA) is 35.2 Å². The Kier molecular flexibility index (Phi) is 3.17. The zero-order chi connectivity index (χ0) is 9.90. The maximum atomic E-state index is 5.92. The van der Waals surface area contributed by atoms with Crippen molar-refractivity contribution < 1.29 is 4.74 Å². The van der Waals surface area contributed by atoms with Gasteiger partial charge in [-0.1, -0.05) is 23.7 Å². The molecule has 1 aromatic rings. The third kappa shape index (κ3) is 2.90. The zero-order valence-electron chi connectivity index (χ0n) is 7.88. The first-order valence-corrected chi connectivity index (χ1v) is 4.56. The van der Waals surface area contributed by atoms with Crippen molar-refractivity contribution in [1.82, 2.24) is 0 Å². The largest absolute Gasteiger partial charge is 0.485 e. The molecule has 0 aliphatic rings. The summed E-state index contributed by atoms with van der Waals surface area (Å²) < 4.78 is 5.62. The second kappa shape index (κ2) is 3.99. The van der Waals surface area contributed by atoms with Crippen LogP contribution >= 0.6 is 11.6 Å². The highest BCUT2D eigenvalue weighted by Gasteiger charge is 2.18. The van der Waals surface area contributed by atoms with Gasteiger partial charge in [0.15, 0.2) is 0 Å². The van der Waals surface area contributed by atoms with E-state index < -0.39 is 0 Å². The van der Waals surface area contributed by atoms with E-state index in [1.54, 1.807) is 6.07 Å². The van der Waals surface area contributed by atoms with Crippen molar-refractivity contribution >= 4 is 11.6 Å². The fourth-order valence-electron chi connectivity index (χ4n) is 0.867. The highest BCUT2D eigenvalue weighted by molar-refractivity contribution is 6.32. The maximum Gasteiger partial charge on any atom is 0.138 e. The molecule has 0 aliphatic carbocycles. The molecule has 0 saturated heterocycles. The summed E-state index contributed by atoms with van der Waals surface area (Å²) in [6.07, 6.45) is 0. The van der Waals surface area contributed by atoms with Crippen LogP contribution < -0.4 is 10.5 Å². The number of rotatable bonds is 3. The van der Waals surface area contributed by atoms with Crippen LogP contribution in [0.3, 0.4) is 0 Å². The number of benzene rings is 1. The van der Waals surface area contributed by atoms with Gasteiger partial charge in [-0.3, -0.25) is 0 Å². The summed E-state index contributed by atoms with van der Waals surface area (Å²) >= 11 is 5.92. The number of para-hydroxylation sites is 1. The standard InChI is InChI=1S/C10H14ClNO/c1-10(2,7-12)13-9-6-4-3-5-8(9)11/h3-6H,7,12H2,1-2H3. The molecule has 2 N–H and O–H groups in total. The fraction of sp³-hybridized carbons (Fsp3) is 0.400. The van der Waals surface area contributed by atoms with Crippen molar-refractivity contribution in [3.8, 4) is 5.75 Å². The first-order valence-electron chi connectivity index (χ1n) is 4.19. The number of hydrogen-bond donors (Lipinski definition) is 1. The lowest BCUT2D eigenvalue weighted by molar-refractivity contribution is 0.119.